The van der Waals surface area contributed by atoms with Crippen LogP contribution in [0.4, 0.5) is 14.6 Å². The molecule has 1 fully saturated rings. The number of methoxy groups -OCH3 is 1. The van der Waals surface area contributed by atoms with E-state index in [4.69, 9.17) is 4.74 Å². The van der Waals surface area contributed by atoms with E-state index >= 15 is 4.39 Å². The van der Waals surface area contributed by atoms with Crippen molar-refractivity contribution >= 4 is 27.5 Å². The summed E-state index contributed by atoms with van der Waals surface area (Å²) in [5.74, 6) is -0.582. The van der Waals surface area contributed by atoms with Gasteiger partial charge in [-0.05, 0) is 59.4 Å². The van der Waals surface area contributed by atoms with Crippen LogP contribution >= 0.6 is 0 Å². The fourth-order valence-electron chi connectivity index (χ4n) is 5.59. The molecule has 1 N–H and O–H groups in total. The van der Waals surface area contributed by atoms with Crippen LogP contribution in [0, 0.1) is 11.6 Å². The van der Waals surface area contributed by atoms with Crippen LogP contribution in [0.15, 0.2) is 60.8 Å². The molecule has 1 saturated heterocycles. The molecule has 0 aliphatic carbocycles. The number of rotatable bonds is 5. The summed E-state index contributed by atoms with van der Waals surface area (Å²) in [5.41, 5.74) is 1.93. The summed E-state index contributed by atoms with van der Waals surface area (Å²) in [4.78, 5) is 15.6. The Kier molecular flexibility index (Phi) is 6.02. The maximum absolute atomic E-state index is 16.4. The second kappa shape index (κ2) is 9.52. The van der Waals surface area contributed by atoms with Gasteiger partial charge in [0, 0.05) is 18.3 Å². The van der Waals surface area contributed by atoms with Gasteiger partial charge in [-0.2, -0.15) is 9.97 Å². The minimum atomic E-state index is -0.682. The summed E-state index contributed by atoms with van der Waals surface area (Å²) >= 11 is 0. The topological polar surface area (TPSA) is 71.4 Å². The Labute approximate surface area is 218 Å². The second-order valence-corrected chi connectivity index (χ2v) is 9.45. The molecule has 1 unspecified atom stereocenters. The quantitative estimate of drug-likeness (QED) is 0.281. The molecule has 8 heteroatoms. The van der Waals surface area contributed by atoms with E-state index in [2.05, 4.69) is 32.0 Å². The summed E-state index contributed by atoms with van der Waals surface area (Å²) in [5, 5.41) is 12.0. The molecule has 192 valence electrons. The summed E-state index contributed by atoms with van der Waals surface area (Å²) < 4.78 is 36.5. The number of hydrogen-bond donors (Lipinski definition) is 1. The predicted octanol–water partition coefficient (Wildman–Crippen LogP) is 6.74. The highest BCUT2D eigenvalue weighted by Crippen LogP contribution is 2.42. The highest BCUT2D eigenvalue weighted by Gasteiger charge is 2.30. The average molecular weight is 513 g/mol. The number of aromatic hydroxyl groups is 1. The molecular formula is C30H26F2N4O2. The van der Waals surface area contributed by atoms with Crippen molar-refractivity contribution in [2.75, 3.05) is 18.6 Å². The highest BCUT2D eigenvalue weighted by atomic mass is 19.1. The van der Waals surface area contributed by atoms with Crippen LogP contribution in [0.5, 0.6) is 11.8 Å². The Morgan fingerprint density at radius 1 is 1.08 bits per heavy atom. The van der Waals surface area contributed by atoms with Gasteiger partial charge < -0.3 is 14.7 Å². The van der Waals surface area contributed by atoms with Gasteiger partial charge in [0.25, 0.3) is 0 Å². The summed E-state index contributed by atoms with van der Waals surface area (Å²) in [7, 11) is 1.45. The van der Waals surface area contributed by atoms with Gasteiger partial charge in [0.15, 0.2) is 5.82 Å². The summed E-state index contributed by atoms with van der Waals surface area (Å²) in [6, 6.07) is 16.2. The maximum atomic E-state index is 16.4. The van der Waals surface area contributed by atoms with E-state index in [0.29, 0.717) is 39.5 Å². The van der Waals surface area contributed by atoms with Crippen LogP contribution in [-0.2, 0) is 6.42 Å². The number of phenols is 1. The van der Waals surface area contributed by atoms with Gasteiger partial charge in [-0.1, -0.05) is 43.3 Å². The van der Waals surface area contributed by atoms with Gasteiger partial charge in [-0.3, -0.25) is 4.98 Å². The summed E-state index contributed by atoms with van der Waals surface area (Å²) in [6.45, 7) is 2.58. The molecule has 1 aliphatic heterocycles. The van der Waals surface area contributed by atoms with E-state index in [1.807, 2.05) is 25.1 Å². The number of nitrogens with zero attached hydrogens (tertiary/aromatic N) is 4. The number of phenolic OH excluding ortho intramolecular Hbond substituents is 1. The number of ether oxygens (including phenoxy) is 1. The van der Waals surface area contributed by atoms with Gasteiger partial charge in [0.1, 0.15) is 28.6 Å². The number of aryl methyl sites for hydroxylation is 1. The van der Waals surface area contributed by atoms with E-state index in [9.17, 15) is 9.50 Å². The minimum Gasteiger partial charge on any atom is -0.508 e. The standard InChI is InChI=1S/C30H26F2N4O2/c1-3-20-23(31)12-11-18-14-19(37)15-21(25(18)20)27-26(32)28-22(16-33-27)29(35-30(34-28)38-2)36-13-7-10-24(36)17-8-5-4-6-9-17/h4-6,8-9,11-12,14-16,24,37H,3,7,10,13H2,1-2H3. The molecule has 5 aromatic rings. The highest BCUT2D eigenvalue weighted by molar-refractivity contribution is 6.01. The van der Waals surface area contributed by atoms with Crippen molar-refractivity contribution in [3.8, 4) is 23.0 Å². The van der Waals surface area contributed by atoms with Gasteiger partial charge in [-0.25, -0.2) is 8.78 Å². The molecule has 3 heterocycles. The van der Waals surface area contributed by atoms with Crippen LogP contribution in [0.25, 0.3) is 32.9 Å². The van der Waals surface area contributed by atoms with Crippen LogP contribution in [0.1, 0.15) is 36.9 Å². The minimum absolute atomic E-state index is 0.0218. The van der Waals surface area contributed by atoms with Gasteiger partial charge in [-0.15, -0.1) is 0 Å². The molecule has 0 radical (unpaired) electrons. The molecule has 0 spiro atoms. The van der Waals surface area contributed by atoms with Gasteiger partial charge in [0.2, 0.25) is 0 Å². The number of halogens is 2. The average Bonchev–Trinajstić information content (AvgIpc) is 3.43. The first-order chi connectivity index (χ1) is 18.5. The zero-order valence-corrected chi connectivity index (χ0v) is 21.1. The predicted molar refractivity (Wildman–Crippen MR) is 144 cm³/mol. The van der Waals surface area contributed by atoms with Crippen LogP contribution in [-0.4, -0.2) is 33.7 Å². The van der Waals surface area contributed by atoms with Gasteiger partial charge >= 0.3 is 6.01 Å². The lowest BCUT2D eigenvalue weighted by atomic mass is 9.94. The van der Waals surface area contributed by atoms with Crippen molar-refractivity contribution in [3.05, 3.63) is 83.6 Å². The Morgan fingerprint density at radius 3 is 2.66 bits per heavy atom. The van der Waals surface area contributed by atoms with E-state index in [1.54, 1.807) is 12.3 Å². The molecule has 6 nitrogen and oxygen atoms in total. The fraction of sp³-hybridized carbons (Fsp3) is 0.233. The third kappa shape index (κ3) is 3.88. The lowest BCUT2D eigenvalue weighted by Crippen LogP contribution is -2.24. The van der Waals surface area contributed by atoms with Crippen molar-refractivity contribution in [2.24, 2.45) is 0 Å². The van der Waals surface area contributed by atoms with Crippen molar-refractivity contribution in [3.63, 3.8) is 0 Å². The molecule has 0 amide bonds. The summed E-state index contributed by atoms with van der Waals surface area (Å²) in [6.07, 6.45) is 3.85. The molecule has 0 saturated carbocycles. The fourth-order valence-corrected chi connectivity index (χ4v) is 5.59. The second-order valence-electron chi connectivity index (χ2n) is 9.45. The molecule has 1 aliphatic rings. The first-order valence-corrected chi connectivity index (χ1v) is 12.7. The number of fused-ring (bicyclic) bond motifs is 2. The van der Waals surface area contributed by atoms with Crippen LogP contribution in [0.2, 0.25) is 0 Å². The maximum Gasteiger partial charge on any atom is 0.318 e. The zero-order chi connectivity index (χ0) is 26.4. The molecule has 1 atom stereocenters. The Bertz CT molecular complexity index is 1680. The van der Waals surface area contributed by atoms with E-state index in [1.165, 1.54) is 25.3 Å². The first-order valence-electron chi connectivity index (χ1n) is 12.7. The molecule has 6 rings (SSSR count). The SMILES string of the molecule is CCc1c(F)ccc2cc(O)cc(-c3ncc4c(N5CCCC5c5ccccc5)nc(OC)nc4c3F)c12. The number of pyridine rings is 1. The van der Waals surface area contributed by atoms with E-state index < -0.39 is 5.82 Å². The number of hydrogen-bond acceptors (Lipinski definition) is 6. The Balaban J connectivity index is 1.58. The molecule has 38 heavy (non-hydrogen) atoms. The third-order valence-corrected chi connectivity index (χ3v) is 7.30. The zero-order valence-electron chi connectivity index (χ0n) is 21.1. The Hall–Kier alpha value is -4.33. The molecule has 3 aromatic carbocycles. The molecular weight excluding hydrogens is 486 g/mol. The monoisotopic (exact) mass is 512 g/mol. The first kappa shape index (κ1) is 24.0. The largest absolute Gasteiger partial charge is 0.508 e. The number of anilines is 1. The van der Waals surface area contributed by atoms with E-state index in [0.717, 1.165) is 24.9 Å². The molecule has 2 aromatic heterocycles. The lowest BCUT2D eigenvalue weighted by molar-refractivity contribution is 0.381. The van der Waals surface area contributed by atoms with Crippen molar-refractivity contribution < 1.29 is 18.6 Å². The molecule has 0 bridgehead atoms. The number of benzene rings is 3. The van der Waals surface area contributed by atoms with Crippen molar-refractivity contribution in [1.82, 2.24) is 15.0 Å². The van der Waals surface area contributed by atoms with Gasteiger partial charge in [0.05, 0.1) is 18.5 Å². The van der Waals surface area contributed by atoms with Crippen LogP contribution < -0.4 is 9.64 Å². The normalized spacial score (nSPS) is 15.5. The van der Waals surface area contributed by atoms with Crippen molar-refractivity contribution in [2.45, 2.75) is 32.2 Å². The smallest absolute Gasteiger partial charge is 0.318 e. The number of aromatic nitrogens is 3. The van der Waals surface area contributed by atoms with Crippen LogP contribution in [0.3, 0.4) is 0 Å². The lowest BCUT2D eigenvalue weighted by Gasteiger charge is -2.27. The third-order valence-electron chi connectivity index (χ3n) is 7.30. The van der Waals surface area contributed by atoms with E-state index in [-0.39, 0.29) is 34.8 Å². The Morgan fingerprint density at radius 2 is 1.89 bits per heavy atom. The van der Waals surface area contributed by atoms with Crippen molar-refractivity contribution in [1.29, 1.82) is 0 Å².